The highest BCUT2D eigenvalue weighted by Crippen LogP contribution is 2.33. The van der Waals surface area contributed by atoms with Gasteiger partial charge in [0.05, 0.1) is 9.82 Å². The second-order valence-electron chi connectivity index (χ2n) is 3.72. The van der Waals surface area contributed by atoms with Crippen molar-refractivity contribution in [2.45, 2.75) is 11.8 Å². The molecule has 0 atom stereocenters. The van der Waals surface area contributed by atoms with E-state index >= 15 is 0 Å². The number of nitro benzene ring substituents is 1. The molecule has 0 radical (unpaired) electrons. The average Bonchev–Trinajstić information content (AvgIpc) is 2.28. The van der Waals surface area contributed by atoms with Crippen LogP contribution in [0.2, 0.25) is 0 Å². The third-order valence-electron chi connectivity index (χ3n) is 1.94. The van der Waals surface area contributed by atoms with Gasteiger partial charge in [0.15, 0.2) is 0 Å². The highest BCUT2D eigenvalue weighted by atomic mass is 32.2. The molecule has 0 aliphatic heterocycles. The molecule has 0 N–H and O–H groups in total. The molecule has 1 aromatic carbocycles. The molecule has 0 aliphatic rings. The van der Waals surface area contributed by atoms with Gasteiger partial charge >= 0.3 is 0 Å². The number of hydrazone groups is 1. The average molecular weight is 265 g/mol. The van der Waals surface area contributed by atoms with E-state index in [1.807, 2.05) is 27.1 Å². The van der Waals surface area contributed by atoms with Crippen LogP contribution < -0.4 is 0 Å². The molecule has 0 aliphatic carbocycles. The Morgan fingerprint density at radius 2 is 2.11 bits per heavy atom. The van der Waals surface area contributed by atoms with Crippen LogP contribution in [0.25, 0.3) is 0 Å². The molecule has 0 aromatic heterocycles. The summed E-state index contributed by atoms with van der Waals surface area (Å²) in [5.74, 6) is 0. The van der Waals surface area contributed by atoms with Gasteiger partial charge in [-0.3, -0.25) is 10.1 Å². The van der Waals surface area contributed by atoms with E-state index in [-0.39, 0.29) is 10.6 Å². The minimum absolute atomic E-state index is 0.125. The van der Waals surface area contributed by atoms with Gasteiger partial charge in [-0.25, -0.2) is 0 Å². The van der Waals surface area contributed by atoms with Crippen LogP contribution in [0.3, 0.4) is 0 Å². The van der Waals surface area contributed by atoms with Crippen molar-refractivity contribution < 1.29 is 4.92 Å². The zero-order chi connectivity index (χ0) is 13.5. The molecule has 5 nitrogen and oxygen atoms in total. The summed E-state index contributed by atoms with van der Waals surface area (Å²) in [4.78, 5) is 12.0. The number of hydrogen-bond acceptors (Lipinski definition) is 5. The zero-order valence-corrected chi connectivity index (χ0v) is 11.3. The largest absolute Gasteiger partial charge is 0.303 e. The molecule has 0 amide bonds. The number of allylic oxidation sites excluding steroid dienone is 2. The first-order chi connectivity index (χ1) is 8.50. The zero-order valence-electron chi connectivity index (χ0n) is 10.5. The molecule has 0 bridgehead atoms. The van der Waals surface area contributed by atoms with E-state index in [9.17, 15) is 10.1 Å². The molecule has 6 heteroatoms. The van der Waals surface area contributed by atoms with E-state index in [4.69, 9.17) is 0 Å². The standard InChI is InChI=1S/C12H15N3O2S/c1-10(8-9-13-14(2)3)18-12-7-5-4-6-11(12)15(16)17/h4-9H,1-3H3. The third-order valence-corrected chi connectivity index (χ3v) is 2.96. The molecule has 0 spiro atoms. The number of para-hydroxylation sites is 1. The van der Waals surface area contributed by atoms with Crippen LogP contribution in [0.4, 0.5) is 5.69 Å². The van der Waals surface area contributed by atoms with Crippen LogP contribution in [0, 0.1) is 10.1 Å². The first-order valence-electron chi connectivity index (χ1n) is 5.30. The van der Waals surface area contributed by atoms with E-state index in [2.05, 4.69) is 5.10 Å². The van der Waals surface area contributed by atoms with Gasteiger partial charge < -0.3 is 5.01 Å². The third kappa shape index (κ3) is 4.58. The highest BCUT2D eigenvalue weighted by molar-refractivity contribution is 8.03. The fraction of sp³-hybridized carbons (Fsp3) is 0.250. The van der Waals surface area contributed by atoms with Crippen LogP contribution in [0.5, 0.6) is 0 Å². The molecule has 0 heterocycles. The molecular formula is C12H15N3O2S. The first-order valence-corrected chi connectivity index (χ1v) is 6.12. The Morgan fingerprint density at radius 3 is 2.72 bits per heavy atom. The molecule has 0 saturated carbocycles. The fourth-order valence-electron chi connectivity index (χ4n) is 1.17. The van der Waals surface area contributed by atoms with Crippen LogP contribution in [0.1, 0.15) is 6.92 Å². The van der Waals surface area contributed by atoms with E-state index in [0.29, 0.717) is 4.90 Å². The molecular weight excluding hydrogens is 250 g/mol. The van der Waals surface area contributed by atoms with Crippen LogP contribution in [0.15, 0.2) is 45.2 Å². The molecule has 0 unspecified atom stereocenters. The maximum atomic E-state index is 10.8. The van der Waals surface area contributed by atoms with Crippen molar-refractivity contribution in [1.29, 1.82) is 0 Å². The van der Waals surface area contributed by atoms with E-state index < -0.39 is 0 Å². The Hall–Kier alpha value is -1.82. The lowest BCUT2D eigenvalue weighted by Crippen LogP contribution is -2.00. The van der Waals surface area contributed by atoms with Crippen LogP contribution in [-0.2, 0) is 0 Å². The van der Waals surface area contributed by atoms with Crippen molar-refractivity contribution in [1.82, 2.24) is 5.01 Å². The maximum Gasteiger partial charge on any atom is 0.283 e. The molecule has 18 heavy (non-hydrogen) atoms. The number of nitrogens with zero attached hydrogens (tertiary/aromatic N) is 3. The van der Waals surface area contributed by atoms with Crippen molar-refractivity contribution in [2.75, 3.05) is 14.1 Å². The Balaban J connectivity index is 2.82. The summed E-state index contributed by atoms with van der Waals surface area (Å²) in [6.45, 7) is 1.89. The van der Waals surface area contributed by atoms with Crippen LogP contribution >= 0.6 is 11.8 Å². The predicted octanol–water partition coefficient (Wildman–Crippen LogP) is 3.14. The number of nitro groups is 1. The lowest BCUT2D eigenvalue weighted by atomic mass is 10.3. The van der Waals surface area contributed by atoms with Crippen molar-refractivity contribution in [2.24, 2.45) is 5.10 Å². The van der Waals surface area contributed by atoms with Gasteiger partial charge in [-0.2, -0.15) is 5.10 Å². The quantitative estimate of drug-likeness (QED) is 0.355. The normalized spacial score (nSPS) is 11.8. The van der Waals surface area contributed by atoms with E-state index in [0.717, 1.165) is 4.91 Å². The summed E-state index contributed by atoms with van der Waals surface area (Å²) >= 11 is 1.36. The van der Waals surface area contributed by atoms with Gasteiger partial charge in [-0.05, 0) is 24.0 Å². The minimum Gasteiger partial charge on any atom is -0.303 e. The van der Waals surface area contributed by atoms with Crippen molar-refractivity contribution in [3.8, 4) is 0 Å². The number of thioether (sulfide) groups is 1. The predicted molar refractivity (Wildman–Crippen MR) is 74.9 cm³/mol. The second kappa shape index (κ2) is 6.80. The number of hydrogen-bond donors (Lipinski definition) is 0. The molecule has 1 rings (SSSR count). The number of rotatable bonds is 5. The van der Waals surface area contributed by atoms with Gasteiger partial charge in [0, 0.05) is 26.4 Å². The van der Waals surface area contributed by atoms with Gasteiger partial charge in [-0.15, -0.1) is 0 Å². The van der Waals surface area contributed by atoms with Gasteiger partial charge in [0.2, 0.25) is 0 Å². The summed E-state index contributed by atoms with van der Waals surface area (Å²) in [5, 5.41) is 16.6. The second-order valence-corrected chi connectivity index (χ2v) is 5.00. The molecule has 0 fully saturated rings. The topological polar surface area (TPSA) is 58.7 Å². The van der Waals surface area contributed by atoms with Gasteiger partial charge in [0.25, 0.3) is 5.69 Å². The Labute approximate surface area is 110 Å². The molecule has 96 valence electrons. The Bertz CT molecular complexity index is 484. The summed E-state index contributed by atoms with van der Waals surface area (Å²) in [7, 11) is 3.66. The van der Waals surface area contributed by atoms with E-state index in [1.165, 1.54) is 17.8 Å². The Kier molecular flexibility index (Phi) is 5.38. The summed E-state index contributed by atoms with van der Waals surface area (Å²) < 4.78 is 0. The monoisotopic (exact) mass is 265 g/mol. The van der Waals surface area contributed by atoms with Crippen LogP contribution in [-0.4, -0.2) is 30.2 Å². The molecule has 0 saturated heterocycles. The lowest BCUT2D eigenvalue weighted by Gasteiger charge is -2.03. The van der Waals surface area contributed by atoms with Gasteiger partial charge in [0.1, 0.15) is 0 Å². The highest BCUT2D eigenvalue weighted by Gasteiger charge is 2.12. The Morgan fingerprint density at radius 1 is 1.44 bits per heavy atom. The van der Waals surface area contributed by atoms with Crippen molar-refractivity contribution in [3.63, 3.8) is 0 Å². The van der Waals surface area contributed by atoms with E-state index in [1.54, 1.807) is 29.4 Å². The maximum absolute atomic E-state index is 10.8. The smallest absolute Gasteiger partial charge is 0.283 e. The SMILES string of the molecule is CC(=CC=NN(C)C)Sc1ccccc1[N+](=O)[O-]. The first kappa shape index (κ1) is 14.2. The van der Waals surface area contributed by atoms with Crippen molar-refractivity contribution >= 4 is 23.7 Å². The summed E-state index contributed by atoms with van der Waals surface area (Å²) in [6, 6.07) is 6.69. The summed E-state index contributed by atoms with van der Waals surface area (Å²) in [5.41, 5.74) is 0.125. The number of benzene rings is 1. The fourth-order valence-corrected chi connectivity index (χ4v) is 2.04. The molecule has 1 aromatic rings. The van der Waals surface area contributed by atoms with Crippen molar-refractivity contribution in [3.05, 3.63) is 45.4 Å². The summed E-state index contributed by atoms with van der Waals surface area (Å²) in [6.07, 6.45) is 3.48. The minimum atomic E-state index is -0.372. The lowest BCUT2D eigenvalue weighted by molar-refractivity contribution is -0.387. The van der Waals surface area contributed by atoms with Gasteiger partial charge in [-0.1, -0.05) is 23.9 Å².